The van der Waals surface area contributed by atoms with Crippen molar-refractivity contribution in [3.8, 4) is 0 Å². The highest BCUT2D eigenvalue weighted by molar-refractivity contribution is 14.0. The van der Waals surface area contributed by atoms with Gasteiger partial charge in [-0.3, -0.25) is 4.99 Å². The van der Waals surface area contributed by atoms with Gasteiger partial charge in [-0.15, -0.1) is 24.0 Å². The van der Waals surface area contributed by atoms with E-state index in [0.29, 0.717) is 0 Å². The van der Waals surface area contributed by atoms with Gasteiger partial charge in [0.1, 0.15) is 0 Å². The minimum Gasteiger partial charge on any atom is -0.335 e. The van der Waals surface area contributed by atoms with Crippen molar-refractivity contribution in [3.05, 3.63) is 29.8 Å². The maximum absolute atomic E-state index is 4.09. The molecule has 0 aromatic heterocycles. The molecule has 1 aromatic rings. The first-order valence-corrected chi connectivity index (χ1v) is 5.33. The Morgan fingerprint density at radius 3 is 2.29 bits per heavy atom. The molecule has 14 heavy (non-hydrogen) atoms. The Morgan fingerprint density at radius 2 is 1.86 bits per heavy atom. The summed E-state index contributed by atoms with van der Waals surface area (Å²) in [4.78, 5) is 4.09. The molecule has 0 radical (unpaired) electrons. The first-order chi connectivity index (χ1) is 6.26. The molecular formula is C10H15IN2S. The lowest BCUT2D eigenvalue weighted by atomic mass is 10.2. The monoisotopic (exact) mass is 322 g/mol. The molecule has 0 amide bonds. The molecule has 78 valence electrons. The molecule has 0 fully saturated rings. The fourth-order valence-corrected chi connectivity index (χ4v) is 1.36. The zero-order valence-electron chi connectivity index (χ0n) is 8.57. The number of benzene rings is 1. The summed E-state index contributed by atoms with van der Waals surface area (Å²) < 4.78 is 0. The molecule has 0 aliphatic heterocycles. The van der Waals surface area contributed by atoms with E-state index in [9.17, 15) is 0 Å². The average Bonchev–Trinajstić information content (AvgIpc) is 2.17. The van der Waals surface area contributed by atoms with E-state index in [4.69, 9.17) is 0 Å². The lowest BCUT2D eigenvalue weighted by Gasteiger charge is -2.06. The summed E-state index contributed by atoms with van der Waals surface area (Å²) in [7, 11) is 1.78. The second-order valence-electron chi connectivity index (χ2n) is 2.72. The molecule has 0 aliphatic rings. The van der Waals surface area contributed by atoms with Gasteiger partial charge in [0, 0.05) is 12.7 Å². The van der Waals surface area contributed by atoms with Crippen LogP contribution in [0.3, 0.4) is 0 Å². The zero-order valence-corrected chi connectivity index (χ0v) is 11.7. The highest BCUT2D eigenvalue weighted by Gasteiger charge is 1.95. The molecule has 0 unspecified atom stereocenters. The first kappa shape index (κ1) is 13.8. The maximum atomic E-state index is 4.09. The van der Waals surface area contributed by atoms with Gasteiger partial charge in [0.05, 0.1) is 0 Å². The number of anilines is 1. The van der Waals surface area contributed by atoms with E-state index in [1.165, 1.54) is 5.56 Å². The lowest BCUT2D eigenvalue weighted by molar-refractivity contribution is 1.43. The molecule has 1 aromatic carbocycles. The van der Waals surface area contributed by atoms with E-state index in [1.807, 2.05) is 6.26 Å². The molecule has 0 aliphatic carbocycles. The summed E-state index contributed by atoms with van der Waals surface area (Å²) in [5.41, 5.74) is 2.35. The third-order valence-corrected chi connectivity index (χ3v) is 2.37. The normalized spacial score (nSPS) is 10.6. The van der Waals surface area contributed by atoms with Gasteiger partial charge in [-0.05, 0) is 25.3 Å². The Bertz CT molecular complexity index is 295. The third kappa shape index (κ3) is 4.32. The predicted molar refractivity (Wildman–Crippen MR) is 77.1 cm³/mol. The molecule has 1 N–H and O–H groups in total. The summed E-state index contributed by atoms with van der Waals surface area (Å²) in [6, 6.07) is 8.26. The Labute approximate surface area is 107 Å². The highest BCUT2D eigenvalue weighted by atomic mass is 127. The van der Waals surface area contributed by atoms with E-state index in [-0.39, 0.29) is 24.0 Å². The van der Waals surface area contributed by atoms with E-state index in [0.717, 1.165) is 10.9 Å². The van der Waals surface area contributed by atoms with Gasteiger partial charge >= 0.3 is 0 Å². The van der Waals surface area contributed by atoms with Crippen molar-refractivity contribution in [2.24, 2.45) is 4.99 Å². The number of nitrogens with one attached hydrogen (secondary N) is 1. The van der Waals surface area contributed by atoms with Gasteiger partial charge in [0.25, 0.3) is 0 Å². The average molecular weight is 322 g/mol. The molecule has 0 bridgehead atoms. The van der Waals surface area contributed by atoms with E-state index >= 15 is 0 Å². The van der Waals surface area contributed by atoms with Gasteiger partial charge in [0.15, 0.2) is 5.17 Å². The topological polar surface area (TPSA) is 24.4 Å². The van der Waals surface area contributed by atoms with Crippen molar-refractivity contribution in [2.75, 3.05) is 18.6 Å². The number of aliphatic imine (C=N–C) groups is 1. The van der Waals surface area contributed by atoms with Crippen molar-refractivity contribution in [1.82, 2.24) is 0 Å². The first-order valence-electron chi connectivity index (χ1n) is 4.10. The molecule has 0 saturated carbocycles. The van der Waals surface area contributed by atoms with Gasteiger partial charge in [-0.2, -0.15) is 0 Å². The van der Waals surface area contributed by atoms with Crippen LogP contribution in [0.1, 0.15) is 5.56 Å². The minimum atomic E-state index is 0. The predicted octanol–water partition coefficient (Wildman–Crippen LogP) is 3.37. The summed E-state index contributed by atoms with van der Waals surface area (Å²) >= 11 is 1.61. The number of amidine groups is 1. The van der Waals surface area contributed by atoms with Crippen LogP contribution in [0.15, 0.2) is 29.3 Å². The molecule has 0 atom stereocenters. The van der Waals surface area contributed by atoms with E-state index in [1.54, 1.807) is 18.8 Å². The number of halogens is 1. The van der Waals surface area contributed by atoms with Crippen molar-refractivity contribution < 1.29 is 0 Å². The number of aryl methyl sites for hydroxylation is 1. The molecule has 1 rings (SSSR count). The van der Waals surface area contributed by atoms with Crippen LogP contribution >= 0.6 is 35.7 Å². The number of rotatable bonds is 1. The molecule has 4 heteroatoms. The Hall–Kier alpha value is -0.230. The summed E-state index contributed by atoms with van der Waals surface area (Å²) in [5.74, 6) is 0. The van der Waals surface area contributed by atoms with Crippen LogP contribution in [0.2, 0.25) is 0 Å². The fourth-order valence-electron chi connectivity index (χ4n) is 0.959. The van der Waals surface area contributed by atoms with E-state index in [2.05, 4.69) is 41.5 Å². The zero-order chi connectivity index (χ0) is 9.68. The van der Waals surface area contributed by atoms with Crippen LogP contribution in [-0.4, -0.2) is 18.5 Å². The van der Waals surface area contributed by atoms with Crippen molar-refractivity contribution in [1.29, 1.82) is 0 Å². The number of nitrogens with zero attached hydrogens (tertiary/aromatic N) is 1. The standard InChI is InChI=1S/C10H14N2S.HI/c1-8-4-6-9(7-5-8)12-10(11-2)13-3;/h4-7H,1-3H3,(H,11,12);1H. The van der Waals surface area contributed by atoms with Crippen LogP contribution in [0.4, 0.5) is 5.69 Å². The summed E-state index contributed by atoms with van der Waals surface area (Å²) in [6.45, 7) is 2.08. The lowest BCUT2D eigenvalue weighted by Crippen LogP contribution is -2.06. The Morgan fingerprint density at radius 1 is 1.29 bits per heavy atom. The van der Waals surface area contributed by atoms with Gasteiger partial charge < -0.3 is 5.32 Å². The van der Waals surface area contributed by atoms with E-state index < -0.39 is 0 Å². The Kier molecular flexibility index (Phi) is 7.00. The van der Waals surface area contributed by atoms with Crippen LogP contribution in [0.25, 0.3) is 0 Å². The molecule has 2 nitrogen and oxygen atoms in total. The quantitative estimate of drug-likeness (QED) is 0.487. The maximum Gasteiger partial charge on any atom is 0.160 e. The molecule has 0 spiro atoms. The number of thioether (sulfide) groups is 1. The van der Waals surface area contributed by atoms with Crippen LogP contribution in [-0.2, 0) is 0 Å². The van der Waals surface area contributed by atoms with Gasteiger partial charge in [0.2, 0.25) is 0 Å². The second kappa shape index (κ2) is 7.11. The van der Waals surface area contributed by atoms with Gasteiger partial charge in [-0.25, -0.2) is 0 Å². The highest BCUT2D eigenvalue weighted by Crippen LogP contribution is 2.10. The fraction of sp³-hybridized carbons (Fsp3) is 0.300. The molecule has 0 heterocycles. The van der Waals surface area contributed by atoms with Gasteiger partial charge in [-0.1, -0.05) is 29.5 Å². The smallest absolute Gasteiger partial charge is 0.160 e. The number of hydrogen-bond acceptors (Lipinski definition) is 2. The van der Waals surface area contributed by atoms with Crippen LogP contribution < -0.4 is 5.32 Å². The minimum absolute atomic E-state index is 0. The number of hydrogen-bond donors (Lipinski definition) is 1. The Balaban J connectivity index is 0.00000169. The SMILES string of the molecule is CN=C(Nc1ccc(C)cc1)SC.I. The van der Waals surface area contributed by atoms with Crippen LogP contribution in [0, 0.1) is 6.92 Å². The molecular weight excluding hydrogens is 307 g/mol. The van der Waals surface area contributed by atoms with Crippen molar-refractivity contribution in [2.45, 2.75) is 6.92 Å². The third-order valence-electron chi connectivity index (χ3n) is 1.70. The van der Waals surface area contributed by atoms with Crippen LogP contribution in [0.5, 0.6) is 0 Å². The van der Waals surface area contributed by atoms with Crippen molar-refractivity contribution >= 4 is 46.6 Å². The largest absolute Gasteiger partial charge is 0.335 e. The summed E-state index contributed by atoms with van der Waals surface area (Å²) in [5, 5.41) is 4.15. The van der Waals surface area contributed by atoms with Crippen molar-refractivity contribution in [3.63, 3.8) is 0 Å². The second-order valence-corrected chi connectivity index (χ2v) is 3.52. The summed E-state index contributed by atoms with van der Waals surface area (Å²) in [6.07, 6.45) is 2.00. The molecule has 0 saturated heterocycles.